The Morgan fingerprint density at radius 1 is 0.286 bits per heavy atom. The van der Waals surface area contributed by atoms with Crippen LogP contribution in [0.25, 0.3) is 88.8 Å². The Morgan fingerprint density at radius 3 is 1.52 bits per heavy atom. The van der Waals surface area contributed by atoms with Crippen LogP contribution < -0.4 is 0 Å². The van der Waals surface area contributed by atoms with Crippen molar-refractivity contribution in [2.45, 2.75) is 5.41 Å². The van der Waals surface area contributed by atoms with Gasteiger partial charge in [-0.05, 0) is 95.4 Å². The van der Waals surface area contributed by atoms with Crippen LogP contribution in [0.5, 0.6) is 0 Å². The van der Waals surface area contributed by atoms with Gasteiger partial charge in [-0.3, -0.25) is 0 Å². The average Bonchev–Trinajstić information content (AvgIpc) is 3.68. The fraction of sp³-hybridized carbons (Fsp3) is 0.0164. The summed E-state index contributed by atoms with van der Waals surface area (Å²) >= 11 is 0. The van der Waals surface area contributed by atoms with Crippen molar-refractivity contribution in [3.63, 3.8) is 0 Å². The predicted molar refractivity (Wildman–Crippen MR) is 262 cm³/mol. The SMILES string of the molecule is c1ccc(-c2cccc(-c3cc(-c4ccc(-c5ccc6c(c5)C(c5ccccc5)(c5ccccc5)c5c-6ccc6ccccc56)c5ccccc45)nc(-c4ccccc4)n3)c2)cc1. The molecule has 11 aromatic rings. The minimum absolute atomic E-state index is 0.539. The zero-order chi connectivity index (χ0) is 41.7. The largest absolute Gasteiger partial charge is 0.228 e. The zero-order valence-corrected chi connectivity index (χ0v) is 34.5. The molecule has 2 nitrogen and oxygen atoms in total. The van der Waals surface area contributed by atoms with Gasteiger partial charge in [0, 0.05) is 16.7 Å². The van der Waals surface area contributed by atoms with Crippen molar-refractivity contribution in [3.05, 3.63) is 265 Å². The minimum Gasteiger partial charge on any atom is -0.228 e. The third-order valence-electron chi connectivity index (χ3n) is 13.0. The molecule has 0 saturated carbocycles. The standard InChI is InChI=1S/C61H40N2/c1-5-18-41(19-6-1)44-23-17-24-46(38-44)57-40-58(63-60(62-57)43-21-7-2-8-22-43)54-37-36-49(51-30-15-16-31-52(51)54)45-33-34-53-55-35-32-42-20-13-14-29-50(42)59(55)61(56(53)39-45,47-25-9-3-10-26-47)48-27-11-4-12-28-48/h1-40H. The highest BCUT2D eigenvalue weighted by molar-refractivity contribution is 6.06. The van der Waals surface area contributed by atoms with Crippen molar-refractivity contribution in [2.75, 3.05) is 0 Å². The summed E-state index contributed by atoms with van der Waals surface area (Å²) in [7, 11) is 0. The van der Waals surface area contributed by atoms with Crippen molar-refractivity contribution >= 4 is 21.5 Å². The molecule has 0 saturated heterocycles. The van der Waals surface area contributed by atoms with Crippen molar-refractivity contribution in [2.24, 2.45) is 0 Å². The lowest BCUT2D eigenvalue weighted by atomic mass is 9.66. The van der Waals surface area contributed by atoms with Gasteiger partial charge in [-0.15, -0.1) is 0 Å². The van der Waals surface area contributed by atoms with E-state index in [-0.39, 0.29) is 0 Å². The maximum Gasteiger partial charge on any atom is 0.160 e. The fourth-order valence-electron chi connectivity index (χ4n) is 10.1. The van der Waals surface area contributed by atoms with E-state index in [1.54, 1.807) is 0 Å². The van der Waals surface area contributed by atoms with Gasteiger partial charge >= 0.3 is 0 Å². The van der Waals surface area contributed by atoms with Crippen LogP contribution in [0.2, 0.25) is 0 Å². The van der Waals surface area contributed by atoms with Gasteiger partial charge in [-0.25, -0.2) is 9.97 Å². The van der Waals surface area contributed by atoms with E-state index in [1.165, 1.54) is 66.2 Å². The Hall–Kier alpha value is -8.20. The monoisotopic (exact) mass is 800 g/mol. The van der Waals surface area contributed by atoms with Gasteiger partial charge in [0.1, 0.15) is 0 Å². The second-order valence-corrected chi connectivity index (χ2v) is 16.4. The van der Waals surface area contributed by atoms with E-state index in [1.807, 2.05) is 18.2 Å². The maximum absolute atomic E-state index is 5.30. The van der Waals surface area contributed by atoms with Crippen molar-refractivity contribution in [3.8, 4) is 67.3 Å². The van der Waals surface area contributed by atoms with Crippen LogP contribution in [0.15, 0.2) is 243 Å². The Labute approximate surface area is 367 Å². The minimum atomic E-state index is -0.539. The third-order valence-corrected chi connectivity index (χ3v) is 13.0. The van der Waals surface area contributed by atoms with E-state index in [2.05, 4.69) is 224 Å². The molecule has 10 aromatic carbocycles. The van der Waals surface area contributed by atoms with Gasteiger partial charge in [-0.1, -0.05) is 224 Å². The fourth-order valence-corrected chi connectivity index (χ4v) is 10.1. The van der Waals surface area contributed by atoms with Gasteiger partial charge in [-0.2, -0.15) is 0 Å². The molecule has 2 heteroatoms. The topological polar surface area (TPSA) is 25.8 Å². The molecule has 0 radical (unpaired) electrons. The van der Waals surface area contributed by atoms with E-state index >= 15 is 0 Å². The first-order valence-corrected chi connectivity index (χ1v) is 21.6. The number of hydrogen-bond acceptors (Lipinski definition) is 2. The summed E-state index contributed by atoms with van der Waals surface area (Å²) in [5, 5.41) is 4.84. The van der Waals surface area contributed by atoms with Gasteiger partial charge in [0.05, 0.1) is 16.8 Å². The molecule has 0 fully saturated rings. The van der Waals surface area contributed by atoms with E-state index in [0.29, 0.717) is 5.82 Å². The lowest BCUT2D eigenvalue weighted by molar-refractivity contribution is 0.776. The highest BCUT2D eigenvalue weighted by Gasteiger charge is 2.47. The van der Waals surface area contributed by atoms with Gasteiger partial charge in [0.15, 0.2) is 5.82 Å². The lowest BCUT2D eigenvalue weighted by Gasteiger charge is -2.35. The molecule has 294 valence electrons. The molecule has 1 aromatic heterocycles. The Morgan fingerprint density at radius 2 is 0.810 bits per heavy atom. The van der Waals surface area contributed by atoms with Crippen LogP contribution in [0.3, 0.4) is 0 Å². The average molecular weight is 801 g/mol. The molecule has 0 aliphatic heterocycles. The van der Waals surface area contributed by atoms with Gasteiger partial charge in [0.2, 0.25) is 0 Å². The Balaban J connectivity index is 1.06. The van der Waals surface area contributed by atoms with Crippen molar-refractivity contribution in [1.29, 1.82) is 0 Å². The second kappa shape index (κ2) is 15.1. The molecule has 0 N–H and O–H groups in total. The number of rotatable bonds is 7. The lowest BCUT2D eigenvalue weighted by Crippen LogP contribution is -2.28. The number of hydrogen-bond donors (Lipinski definition) is 0. The quantitative estimate of drug-likeness (QED) is 0.160. The van der Waals surface area contributed by atoms with Crippen LogP contribution in [0.1, 0.15) is 22.3 Å². The molecule has 12 rings (SSSR count). The first-order chi connectivity index (χ1) is 31.2. The molecule has 1 heterocycles. The smallest absolute Gasteiger partial charge is 0.160 e. The Bertz CT molecular complexity index is 3450. The zero-order valence-electron chi connectivity index (χ0n) is 34.5. The summed E-state index contributed by atoms with van der Waals surface area (Å²) in [6, 6.07) is 87.8. The summed E-state index contributed by atoms with van der Waals surface area (Å²) in [6.45, 7) is 0. The molecular weight excluding hydrogens is 761 g/mol. The number of fused-ring (bicyclic) bond motifs is 6. The van der Waals surface area contributed by atoms with Crippen molar-refractivity contribution in [1.82, 2.24) is 9.97 Å². The summed E-state index contributed by atoms with van der Waals surface area (Å²) in [6.07, 6.45) is 0. The molecule has 0 atom stereocenters. The number of aromatic nitrogens is 2. The molecule has 63 heavy (non-hydrogen) atoms. The highest BCUT2D eigenvalue weighted by atomic mass is 14.9. The predicted octanol–water partition coefficient (Wildman–Crippen LogP) is 15.5. The summed E-state index contributed by atoms with van der Waals surface area (Å²) < 4.78 is 0. The van der Waals surface area contributed by atoms with Crippen LogP contribution in [0, 0.1) is 0 Å². The van der Waals surface area contributed by atoms with Gasteiger partial charge < -0.3 is 0 Å². The van der Waals surface area contributed by atoms with E-state index in [0.717, 1.165) is 39.0 Å². The van der Waals surface area contributed by atoms with Crippen LogP contribution in [-0.2, 0) is 5.41 Å². The first-order valence-electron chi connectivity index (χ1n) is 21.6. The summed E-state index contributed by atoms with van der Waals surface area (Å²) in [5.41, 5.74) is 16.7. The van der Waals surface area contributed by atoms with E-state index < -0.39 is 5.41 Å². The molecule has 1 aliphatic rings. The molecule has 0 unspecified atom stereocenters. The number of nitrogens with zero attached hydrogens (tertiary/aromatic N) is 2. The maximum atomic E-state index is 5.30. The Kier molecular flexibility index (Phi) is 8.76. The summed E-state index contributed by atoms with van der Waals surface area (Å²) in [5.74, 6) is 0.699. The van der Waals surface area contributed by atoms with Crippen LogP contribution in [0.4, 0.5) is 0 Å². The summed E-state index contributed by atoms with van der Waals surface area (Å²) in [4.78, 5) is 10.5. The number of benzene rings is 10. The van der Waals surface area contributed by atoms with Crippen molar-refractivity contribution < 1.29 is 0 Å². The van der Waals surface area contributed by atoms with Crippen LogP contribution in [-0.4, -0.2) is 9.97 Å². The van der Waals surface area contributed by atoms with E-state index in [9.17, 15) is 0 Å². The first kappa shape index (κ1) is 36.6. The molecular formula is C61H40N2. The van der Waals surface area contributed by atoms with E-state index in [4.69, 9.17) is 9.97 Å². The molecule has 0 amide bonds. The molecule has 1 aliphatic carbocycles. The normalized spacial score (nSPS) is 12.6. The van der Waals surface area contributed by atoms with Crippen LogP contribution >= 0.6 is 0 Å². The highest BCUT2D eigenvalue weighted by Crippen LogP contribution is 2.59. The molecule has 0 spiro atoms. The second-order valence-electron chi connectivity index (χ2n) is 16.4. The third kappa shape index (κ3) is 6.02. The van der Waals surface area contributed by atoms with Gasteiger partial charge in [0.25, 0.3) is 0 Å². The molecule has 0 bridgehead atoms.